The van der Waals surface area contributed by atoms with Crippen molar-refractivity contribution in [3.8, 4) is 11.1 Å². The van der Waals surface area contributed by atoms with Crippen molar-refractivity contribution in [2.24, 2.45) is 0 Å². The summed E-state index contributed by atoms with van der Waals surface area (Å²) in [4.78, 5) is 33.2. The van der Waals surface area contributed by atoms with Gasteiger partial charge in [0.25, 0.3) is 0 Å². The van der Waals surface area contributed by atoms with E-state index in [1.165, 1.54) is 0 Å². The molecule has 3 N–H and O–H groups in total. The van der Waals surface area contributed by atoms with Gasteiger partial charge in [-0.05, 0) is 44.2 Å². The first-order chi connectivity index (χ1) is 12.9. The van der Waals surface area contributed by atoms with Gasteiger partial charge in [0.05, 0.1) is 12.7 Å². The maximum absolute atomic E-state index is 11.1. The summed E-state index contributed by atoms with van der Waals surface area (Å²) in [5, 5.41) is 0. The summed E-state index contributed by atoms with van der Waals surface area (Å²) in [6, 6.07) is 12.7. The van der Waals surface area contributed by atoms with Crippen LogP contribution in [0.4, 0.5) is 0 Å². The molecule has 0 amide bonds. The molecule has 0 spiro atoms. The minimum absolute atomic E-state index is 0.0733. The van der Waals surface area contributed by atoms with Gasteiger partial charge in [-0.15, -0.1) is 0 Å². The van der Waals surface area contributed by atoms with Crippen LogP contribution >= 0.6 is 0 Å². The Hall–Kier alpha value is -1.25. The predicted molar refractivity (Wildman–Crippen MR) is 126 cm³/mol. The summed E-state index contributed by atoms with van der Waals surface area (Å²) in [7, 11) is -6.98. The lowest BCUT2D eigenvalue weighted by molar-refractivity contribution is 0.209. The fraction of sp³-hybridized carbons (Fsp3) is 0.500. The maximum atomic E-state index is 11.1. The molecule has 1 aliphatic rings. The fourth-order valence-electron chi connectivity index (χ4n) is 4.93. The van der Waals surface area contributed by atoms with E-state index >= 15 is 0 Å². The zero-order valence-corrected chi connectivity index (χ0v) is 21.3. The van der Waals surface area contributed by atoms with Crippen LogP contribution in [0.2, 0.25) is 19.6 Å². The summed E-state index contributed by atoms with van der Waals surface area (Å²) >= 11 is 0. The number of fused-ring (bicyclic) bond motifs is 3. The molecule has 3 nitrogen and oxygen atoms in total. The van der Waals surface area contributed by atoms with Gasteiger partial charge in [0.2, 0.25) is 0 Å². The molecule has 0 radical (unpaired) electrons. The molecule has 0 aliphatic heterocycles. The van der Waals surface area contributed by atoms with Crippen LogP contribution in [0.3, 0.4) is 0 Å². The molecule has 2 aromatic rings. The van der Waals surface area contributed by atoms with Gasteiger partial charge in [-0.3, -0.25) is 0 Å². The number of hydrogen-bond acceptors (Lipinski definition) is 3. The third-order valence-corrected chi connectivity index (χ3v) is 14.1. The summed E-state index contributed by atoms with van der Waals surface area (Å²) in [6.45, 7) is 19.3. The van der Waals surface area contributed by atoms with Crippen LogP contribution in [0.25, 0.3) is 11.1 Å². The van der Waals surface area contributed by atoms with E-state index in [0.29, 0.717) is 0 Å². The highest BCUT2D eigenvalue weighted by Gasteiger charge is 2.67. The molecule has 0 heterocycles. The molecule has 0 aromatic heterocycles. The smallest absolute Gasteiger partial charge is 0.389 e. The molecule has 0 atom stereocenters. The van der Waals surface area contributed by atoms with E-state index < -0.39 is 21.5 Å². The largest absolute Gasteiger partial charge is 0.505 e. The van der Waals surface area contributed by atoms with Gasteiger partial charge >= 0.3 is 8.80 Å². The second kappa shape index (κ2) is 6.38. The van der Waals surface area contributed by atoms with Gasteiger partial charge in [-0.1, -0.05) is 97.6 Å². The summed E-state index contributed by atoms with van der Waals surface area (Å²) in [5.41, 5.74) is 5.96. The molecule has 5 heteroatoms. The second-order valence-electron chi connectivity index (χ2n) is 11.7. The molecule has 0 fully saturated rings. The molecule has 29 heavy (non-hydrogen) atoms. The van der Waals surface area contributed by atoms with Gasteiger partial charge in [-0.25, -0.2) is 0 Å². The highest BCUT2D eigenvalue weighted by molar-refractivity contribution is 6.93. The highest BCUT2D eigenvalue weighted by atomic mass is 28.4. The summed E-state index contributed by atoms with van der Waals surface area (Å²) < 4.78 is -1.10. The first-order valence-electron chi connectivity index (χ1n) is 10.4. The van der Waals surface area contributed by atoms with E-state index in [1.807, 2.05) is 0 Å². The molecule has 0 saturated carbocycles. The van der Waals surface area contributed by atoms with Crippen LogP contribution in [0, 0.1) is 0 Å². The van der Waals surface area contributed by atoms with E-state index in [-0.39, 0.29) is 10.8 Å². The first kappa shape index (κ1) is 22.4. The molecule has 2 aromatic carbocycles. The third-order valence-electron chi connectivity index (χ3n) is 6.50. The lowest BCUT2D eigenvalue weighted by Gasteiger charge is -2.45. The monoisotopic (exact) mass is 428 g/mol. The van der Waals surface area contributed by atoms with Gasteiger partial charge in [0.15, 0.2) is 0 Å². The van der Waals surface area contributed by atoms with E-state index in [0.717, 1.165) is 33.4 Å². The Bertz CT molecular complexity index is 873. The van der Waals surface area contributed by atoms with E-state index in [2.05, 4.69) is 97.6 Å². The van der Waals surface area contributed by atoms with Crippen molar-refractivity contribution >= 4 is 16.9 Å². The van der Waals surface area contributed by atoms with Crippen molar-refractivity contribution in [3.05, 3.63) is 58.7 Å². The van der Waals surface area contributed by atoms with Crippen molar-refractivity contribution in [2.75, 3.05) is 0 Å². The highest BCUT2D eigenvalue weighted by Crippen LogP contribution is 2.57. The molecular formula is C24H36O3Si2. The Balaban J connectivity index is 2.50. The summed E-state index contributed by atoms with van der Waals surface area (Å²) in [5.74, 6) is 0. The lowest BCUT2D eigenvalue weighted by atomic mass is 9.85. The van der Waals surface area contributed by atoms with Crippen molar-refractivity contribution < 1.29 is 14.4 Å². The molecule has 158 valence electrons. The molecular weight excluding hydrogens is 392 g/mol. The molecule has 3 rings (SSSR count). The summed E-state index contributed by atoms with van der Waals surface area (Å²) in [6.07, 6.45) is 0. The zero-order valence-electron chi connectivity index (χ0n) is 19.3. The van der Waals surface area contributed by atoms with Gasteiger partial charge in [0.1, 0.15) is 0 Å². The Labute approximate surface area is 177 Å². The quantitative estimate of drug-likeness (QED) is 0.597. The Morgan fingerprint density at radius 3 is 1.24 bits per heavy atom. The van der Waals surface area contributed by atoms with Gasteiger partial charge in [0, 0.05) is 0 Å². The second-order valence-corrected chi connectivity index (χ2v) is 19.4. The van der Waals surface area contributed by atoms with Gasteiger partial charge < -0.3 is 14.4 Å². The topological polar surface area (TPSA) is 60.7 Å². The Kier molecular flexibility index (Phi) is 4.93. The van der Waals surface area contributed by atoms with E-state index in [1.54, 1.807) is 0 Å². The minimum Gasteiger partial charge on any atom is -0.389 e. The van der Waals surface area contributed by atoms with Crippen LogP contribution in [-0.4, -0.2) is 31.3 Å². The molecule has 0 saturated heterocycles. The van der Waals surface area contributed by atoms with Gasteiger partial charge in [-0.2, -0.15) is 0 Å². The SMILES string of the molecule is CC(C)(C)c1ccc2c(c1)C([Si](C)(C)C)([Si](O)(O)O)c1cc(C(C)(C)C)ccc1-2. The van der Waals surface area contributed by atoms with E-state index in [9.17, 15) is 14.4 Å². The van der Waals surface area contributed by atoms with Crippen molar-refractivity contribution in [2.45, 2.75) is 76.7 Å². The molecule has 1 aliphatic carbocycles. The molecule has 0 bridgehead atoms. The number of hydrogen-bond donors (Lipinski definition) is 3. The van der Waals surface area contributed by atoms with Crippen LogP contribution in [0.1, 0.15) is 63.8 Å². The fourth-order valence-corrected chi connectivity index (χ4v) is 12.1. The average Bonchev–Trinajstić information content (AvgIpc) is 2.82. The van der Waals surface area contributed by atoms with Crippen LogP contribution < -0.4 is 0 Å². The van der Waals surface area contributed by atoms with Crippen molar-refractivity contribution in [1.82, 2.24) is 0 Å². The number of rotatable bonds is 2. The standard InChI is InChI=1S/C24H36O3Si2/c1-22(2,3)16-10-12-18-19-13-11-17(23(4,5)6)15-21(19)24(20(18)14-16,28(7,8)9)29(25,26)27/h10-15,25-27H,1-9H3. The Morgan fingerprint density at radius 1 is 0.655 bits per heavy atom. The van der Waals surface area contributed by atoms with Crippen molar-refractivity contribution in [1.29, 1.82) is 0 Å². The first-order valence-corrected chi connectivity index (χ1v) is 15.7. The molecule has 0 unspecified atom stereocenters. The third kappa shape index (κ3) is 3.27. The van der Waals surface area contributed by atoms with Crippen LogP contribution in [-0.2, 0) is 15.5 Å². The lowest BCUT2D eigenvalue weighted by Crippen LogP contribution is -2.68. The van der Waals surface area contributed by atoms with Crippen LogP contribution in [0.5, 0.6) is 0 Å². The normalized spacial score (nSPS) is 16.6. The zero-order chi connectivity index (χ0) is 22.2. The maximum Gasteiger partial charge on any atom is 0.505 e. The van der Waals surface area contributed by atoms with Crippen molar-refractivity contribution in [3.63, 3.8) is 0 Å². The average molecular weight is 429 g/mol. The van der Waals surface area contributed by atoms with Crippen LogP contribution in [0.15, 0.2) is 36.4 Å². The Morgan fingerprint density at radius 2 is 1.00 bits per heavy atom. The predicted octanol–water partition coefficient (Wildman–Crippen LogP) is 4.88. The minimum atomic E-state index is -4.61. The number of benzene rings is 2. The van der Waals surface area contributed by atoms with E-state index in [4.69, 9.17) is 0 Å².